The standard InChI is InChI=1S/C18H16N2.C2H6/c1-3-9-15(10-4-1)19-17-13-7-8-14-18(17)20-16-11-5-2-6-12-16;1-2/h1-14,19-20H;1-2H3. The van der Waals surface area contributed by atoms with Crippen LogP contribution >= 0.6 is 0 Å². The Kier molecular flexibility index (Phi) is 6.06. The highest BCUT2D eigenvalue weighted by atomic mass is 15.0. The number of hydrogen-bond donors (Lipinski definition) is 2. The van der Waals surface area contributed by atoms with Crippen LogP contribution < -0.4 is 10.6 Å². The fourth-order valence-electron chi connectivity index (χ4n) is 2.06. The Bertz CT molecular complexity index is 603. The highest BCUT2D eigenvalue weighted by Crippen LogP contribution is 2.27. The van der Waals surface area contributed by atoms with Crippen molar-refractivity contribution in [2.45, 2.75) is 13.8 Å². The van der Waals surface area contributed by atoms with Crippen molar-refractivity contribution in [1.82, 2.24) is 0 Å². The van der Waals surface area contributed by atoms with Crippen molar-refractivity contribution < 1.29 is 0 Å². The van der Waals surface area contributed by atoms with Crippen LogP contribution in [0.15, 0.2) is 84.9 Å². The molecule has 3 aromatic rings. The van der Waals surface area contributed by atoms with Crippen molar-refractivity contribution >= 4 is 22.7 Å². The van der Waals surface area contributed by atoms with Crippen LogP contribution in [0.25, 0.3) is 0 Å². The molecule has 0 bridgehead atoms. The van der Waals surface area contributed by atoms with Gasteiger partial charge in [0.05, 0.1) is 11.4 Å². The van der Waals surface area contributed by atoms with Gasteiger partial charge in [0.15, 0.2) is 0 Å². The van der Waals surface area contributed by atoms with Crippen LogP contribution in [-0.4, -0.2) is 0 Å². The quantitative estimate of drug-likeness (QED) is 0.597. The molecule has 112 valence electrons. The Morgan fingerprint density at radius 1 is 0.455 bits per heavy atom. The fraction of sp³-hybridized carbons (Fsp3) is 0.100. The lowest BCUT2D eigenvalue weighted by molar-refractivity contribution is 1.50. The first-order valence-corrected chi connectivity index (χ1v) is 7.65. The monoisotopic (exact) mass is 290 g/mol. The minimum absolute atomic E-state index is 1.06. The Morgan fingerprint density at radius 3 is 1.14 bits per heavy atom. The van der Waals surface area contributed by atoms with Gasteiger partial charge in [-0.25, -0.2) is 0 Å². The molecule has 2 heteroatoms. The lowest BCUT2D eigenvalue weighted by Crippen LogP contribution is -1.96. The Morgan fingerprint density at radius 2 is 0.773 bits per heavy atom. The molecule has 0 spiro atoms. The minimum Gasteiger partial charge on any atom is -0.354 e. The second kappa shape index (κ2) is 8.53. The molecular weight excluding hydrogens is 268 g/mol. The zero-order valence-electron chi connectivity index (χ0n) is 13.1. The van der Waals surface area contributed by atoms with E-state index in [0.717, 1.165) is 22.7 Å². The molecule has 0 unspecified atom stereocenters. The SMILES string of the molecule is CC.c1ccc(Nc2ccccc2Nc2ccccc2)cc1. The zero-order chi connectivity index (χ0) is 15.6. The molecule has 0 aliphatic carbocycles. The summed E-state index contributed by atoms with van der Waals surface area (Å²) in [5, 5.41) is 6.86. The van der Waals surface area contributed by atoms with Crippen LogP contribution in [-0.2, 0) is 0 Å². The molecule has 3 rings (SSSR count). The molecule has 0 fully saturated rings. The second-order valence-corrected chi connectivity index (χ2v) is 4.53. The first-order chi connectivity index (χ1) is 10.9. The van der Waals surface area contributed by atoms with Gasteiger partial charge >= 0.3 is 0 Å². The van der Waals surface area contributed by atoms with E-state index in [2.05, 4.69) is 47.0 Å². The van der Waals surface area contributed by atoms with Gasteiger partial charge in [0.2, 0.25) is 0 Å². The average molecular weight is 290 g/mol. The van der Waals surface area contributed by atoms with Crippen molar-refractivity contribution in [2.75, 3.05) is 10.6 Å². The molecule has 0 amide bonds. The van der Waals surface area contributed by atoms with Gasteiger partial charge in [-0.1, -0.05) is 62.4 Å². The molecule has 0 heterocycles. The normalized spacial score (nSPS) is 9.36. The number of rotatable bonds is 4. The number of para-hydroxylation sites is 4. The molecular formula is C20H22N2. The van der Waals surface area contributed by atoms with Gasteiger partial charge in [0, 0.05) is 11.4 Å². The molecule has 0 atom stereocenters. The van der Waals surface area contributed by atoms with E-state index in [1.54, 1.807) is 0 Å². The third kappa shape index (κ3) is 4.38. The van der Waals surface area contributed by atoms with Gasteiger partial charge in [-0.2, -0.15) is 0 Å². The van der Waals surface area contributed by atoms with Gasteiger partial charge < -0.3 is 10.6 Å². The van der Waals surface area contributed by atoms with E-state index in [4.69, 9.17) is 0 Å². The average Bonchev–Trinajstić information content (AvgIpc) is 2.60. The van der Waals surface area contributed by atoms with Crippen molar-refractivity contribution in [3.8, 4) is 0 Å². The predicted octanol–water partition coefficient (Wildman–Crippen LogP) is 6.20. The third-order valence-corrected chi connectivity index (χ3v) is 3.03. The number of nitrogens with one attached hydrogen (secondary N) is 2. The van der Waals surface area contributed by atoms with E-state index >= 15 is 0 Å². The van der Waals surface area contributed by atoms with Crippen LogP contribution in [0.5, 0.6) is 0 Å². The second-order valence-electron chi connectivity index (χ2n) is 4.53. The largest absolute Gasteiger partial charge is 0.354 e. The molecule has 0 aromatic heterocycles. The zero-order valence-corrected chi connectivity index (χ0v) is 13.1. The highest BCUT2D eigenvalue weighted by Gasteiger charge is 2.02. The minimum atomic E-state index is 1.06. The molecule has 2 N–H and O–H groups in total. The number of hydrogen-bond acceptors (Lipinski definition) is 2. The molecule has 0 aliphatic heterocycles. The smallest absolute Gasteiger partial charge is 0.0623 e. The lowest BCUT2D eigenvalue weighted by atomic mass is 10.2. The van der Waals surface area contributed by atoms with E-state index in [1.807, 2.05) is 62.4 Å². The maximum atomic E-state index is 3.43. The Labute approximate surface area is 132 Å². The first kappa shape index (κ1) is 15.6. The van der Waals surface area contributed by atoms with Gasteiger partial charge in [0.25, 0.3) is 0 Å². The van der Waals surface area contributed by atoms with E-state index in [9.17, 15) is 0 Å². The molecule has 2 nitrogen and oxygen atoms in total. The fourth-order valence-corrected chi connectivity index (χ4v) is 2.06. The molecule has 0 aliphatic rings. The summed E-state index contributed by atoms with van der Waals surface area (Å²) in [6.45, 7) is 4.00. The van der Waals surface area contributed by atoms with Crippen molar-refractivity contribution in [2.24, 2.45) is 0 Å². The summed E-state index contributed by atoms with van der Waals surface area (Å²) in [6.07, 6.45) is 0. The van der Waals surface area contributed by atoms with E-state index in [-0.39, 0.29) is 0 Å². The van der Waals surface area contributed by atoms with Crippen LogP contribution in [0.1, 0.15) is 13.8 Å². The summed E-state index contributed by atoms with van der Waals surface area (Å²) >= 11 is 0. The van der Waals surface area contributed by atoms with Gasteiger partial charge in [0.1, 0.15) is 0 Å². The van der Waals surface area contributed by atoms with Gasteiger partial charge in [-0.05, 0) is 36.4 Å². The molecule has 22 heavy (non-hydrogen) atoms. The maximum absolute atomic E-state index is 3.43. The number of benzene rings is 3. The Balaban J connectivity index is 0.000000847. The summed E-state index contributed by atoms with van der Waals surface area (Å²) in [5.41, 5.74) is 4.27. The summed E-state index contributed by atoms with van der Waals surface area (Å²) in [5.74, 6) is 0. The van der Waals surface area contributed by atoms with Crippen LogP contribution in [0, 0.1) is 0 Å². The highest BCUT2D eigenvalue weighted by molar-refractivity contribution is 5.78. The van der Waals surface area contributed by atoms with E-state index < -0.39 is 0 Å². The Hall–Kier alpha value is -2.74. The summed E-state index contributed by atoms with van der Waals surface area (Å²) in [7, 11) is 0. The summed E-state index contributed by atoms with van der Waals surface area (Å²) < 4.78 is 0. The topological polar surface area (TPSA) is 24.1 Å². The van der Waals surface area contributed by atoms with Crippen LogP contribution in [0.3, 0.4) is 0 Å². The lowest BCUT2D eigenvalue weighted by Gasteiger charge is -2.13. The van der Waals surface area contributed by atoms with E-state index in [0.29, 0.717) is 0 Å². The summed E-state index contributed by atoms with van der Waals surface area (Å²) in [6, 6.07) is 28.5. The molecule has 3 aromatic carbocycles. The number of anilines is 4. The first-order valence-electron chi connectivity index (χ1n) is 7.65. The van der Waals surface area contributed by atoms with E-state index in [1.165, 1.54) is 0 Å². The van der Waals surface area contributed by atoms with Crippen molar-refractivity contribution in [3.63, 3.8) is 0 Å². The van der Waals surface area contributed by atoms with Crippen molar-refractivity contribution in [1.29, 1.82) is 0 Å². The molecule has 0 radical (unpaired) electrons. The predicted molar refractivity (Wildman–Crippen MR) is 97.2 cm³/mol. The molecule has 0 saturated heterocycles. The van der Waals surface area contributed by atoms with Gasteiger partial charge in [-0.3, -0.25) is 0 Å². The molecule has 0 saturated carbocycles. The maximum Gasteiger partial charge on any atom is 0.0623 e. The van der Waals surface area contributed by atoms with Crippen LogP contribution in [0.2, 0.25) is 0 Å². The summed E-state index contributed by atoms with van der Waals surface area (Å²) in [4.78, 5) is 0. The third-order valence-electron chi connectivity index (χ3n) is 3.03. The van der Waals surface area contributed by atoms with Crippen molar-refractivity contribution in [3.05, 3.63) is 84.9 Å². The van der Waals surface area contributed by atoms with Crippen LogP contribution in [0.4, 0.5) is 22.7 Å². The van der Waals surface area contributed by atoms with Gasteiger partial charge in [-0.15, -0.1) is 0 Å².